The number of nitrogens with one attached hydrogen (secondary N) is 1. The summed E-state index contributed by atoms with van der Waals surface area (Å²) < 4.78 is 41.9. The molecule has 0 fully saturated rings. The van der Waals surface area contributed by atoms with Gasteiger partial charge in [-0.25, -0.2) is 9.67 Å². The first kappa shape index (κ1) is 18.7. The number of benzene rings is 1. The van der Waals surface area contributed by atoms with E-state index in [9.17, 15) is 18.0 Å². The van der Waals surface area contributed by atoms with Crippen LogP contribution in [0.3, 0.4) is 0 Å². The zero-order valence-electron chi connectivity index (χ0n) is 14.6. The van der Waals surface area contributed by atoms with Crippen molar-refractivity contribution in [1.29, 1.82) is 0 Å². The minimum Gasteiger partial charge on any atom is -0.352 e. The Bertz CT molecular complexity index is 915. The third-order valence-corrected chi connectivity index (χ3v) is 4.11. The largest absolute Gasteiger partial charge is 0.416 e. The van der Waals surface area contributed by atoms with Crippen LogP contribution in [0.5, 0.6) is 0 Å². The van der Waals surface area contributed by atoms with Crippen LogP contribution < -0.4 is 5.32 Å². The van der Waals surface area contributed by atoms with Gasteiger partial charge < -0.3 is 9.88 Å². The van der Waals surface area contributed by atoms with Crippen LogP contribution in [0.4, 0.5) is 13.2 Å². The van der Waals surface area contributed by atoms with E-state index in [1.54, 1.807) is 19.4 Å². The summed E-state index contributed by atoms with van der Waals surface area (Å²) in [4.78, 5) is 16.3. The number of hydrogen-bond acceptors (Lipinski definition) is 3. The van der Waals surface area contributed by atoms with Gasteiger partial charge in [0.2, 0.25) is 0 Å². The molecule has 142 valence electrons. The molecular weight excluding hydrogens is 359 g/mol. The molecule has 0 aliphatic rings. The number of aromatic nitrogens is 4. The average molecular weight is 377 g/mol. The lowest BCUT2D eigenvalue weighted by atomic mass is 10.2. The van der Waals surface area contributed by atoms with Crippen molar-refractivity contribution in [2.24, 2.45) is 0 Å². The van der Waals surface area contributed by atoms with Crippen LogP contribution in [-0.4, -0.2) is 31.8 Å². The lowest BCUT2D eigenvalue weighted by Gasteiger charge is -2.10. The van der Waals surface area contributed by atoms with Crippen LogP contribution in [0.25, 0.3) is 5.69 Å². The van der Waals surface area contributed by atoms with E-state index in [4.69, 9.17) is 0 Å². The van der Waals surface area contributed by atoms with Gasteiger partial charge in [0.25, 0.3) is 5.91 Å². The number of rotatable bonds is 6. The third kappa shape index (κ3) is 4.36. The van der Waals surface area contributed by atoms with Crippen LogP contribution in [-0.2, 0) is 12.7 Å². The summed E-state index contributed by atoms with van der Waals surface area (Å²) in [6.07, 6.45) is 2.87. The molecule has 27 heavy (non-hydrogen) atoms. The van der Waals surface area contributed by atoms with Crippen LogP contribution in [0, 0.1) is 6.92 Å². The van der Waals surface area contributed by atoms with E-state index in [0.29, 0.717) is 17.8 Å². The van der Waals surface area contributed by atoms with Gasteiger partial charge in [-0.05, 0) is 31.5 Å². The molecule has 3 rings (SSSR count). The lowest BCUT2D eigenvalue weighted by molar-refractivity contribution is -0.137. The molecule has 2 heterocycles. The Balaban J connectivity index is 1.67. The summed E-state index contributed by atoms with van der Waals surface area (Å²) >= 11 is 0. The summed E-state index contributed by atoms with van der Waals surface area (Å²) in [6, 6.07) is 4.83. The Labute approximate surface area is 153 Å². The van der Waals surface area contributed by atoms with Crippen molar-refractivity contribution in [3.8, 4) is 5.69 Å². The summed E-state index contributed by atoms with van der Waals surface area (Å²) in [5.74, 6) is -0.309. The van der Waals surface area contributed by atoms with Gasteiger partial charge in [0.15, 0.2) is 0 Å². The molecule has 0 atom stereocenters. The molecule has 2 aromatic heterocycles. The molecule has 3 aromatic rings. The van der Waals surface area contributed by atoms with Gasteiger partial charge in [0, 0.05) is 25.5 Å². The topological polar surface area (TPSA) is 64.7 Å². The summed E-state index contributed by atoms with van der Waals surface area (Å²) in [5, 5.41) is 6.87. The summed E-state index contributed by atoms with van der Waals surface area (Å²) in [5.41, 5.74) is 0.290. The monoisotopic (exact) mass is 377 g/mol. The van der Waals surface area contributed by atoms with E-state index in [2.05, 4.69) is 15.4 Å². The van der Waals surface area contributed by atoms with E-state index in [0.717, 1.165) is 25.1 Å². The van der Waals surface area contributed by atoms with Gasteiger partial charge in [-0.1, -0.05) is 6.07 Å². The fourth-order valence-electron chi connectivity index (χ4n) is 2.68. The molecule has 1 N–H and O–H groups in total. The van der Waals surface area contributed by atoms with Gasteiger partial charge in [-0.15, -0.1) is 0 Å². The van der Waals surface area contributed by atoms with E-state index < -0.39 is 11.7 Å². The number of nitrogens with zero attached hydrogens (tertiary/aromatic N) is 4. The molecule has 9 heteroatoms. The second kappa shape index (κ2) is 7.65. The zero-order valence-corrected chi connectivity index (χ0v) is 14.6. The smallest absolute Gasteiger partial charge is 0.352 e. The average Bonchev–Trinajstić information content (AvgIpc) is 3.27. The number of alkyl halides is 3. The van der Waals surface area contributed by atoms with Crippen LogP contribution in [0.2, 0.25) is 0 Å². The number of halogens is 3. The summed E-state index contributed by atoms with van der Waals surface area (Å²) in [6.45, 7) is 2.83. The second-order valence-electron chi connectivity index (χ2n) is 6.01. The Kier molecular flexibility index (Phi) is 5.29. The highest BCUT2D eigenvalue weighted by atomic mass is 19.4. The van der Waals surface area contributed by atoms with Crippen molar-refractivity contribution in [3.63, 3.8) is 0 Å². The highest BCUT2D eigenvalue weighted by Crippen LogP contribution is 2.30. The number of imidazole rings is 1. The highest BCUT2D eigenvalue weighted by Gasteiger charge is 2.30. The number of carbonyl (C=O) groups excluding carboxylic acids is 1. The predicted octanol–water partition coefficient (Wildman–Crippen LogP) is 3.22. The molecule has 0 aliphatic carbocycles. The Morgan fingerprint density at radius 2 is 2.11 bits per heavy atom. The molecule has 6 nitrogen and oxygen atoms in total. The zero-order chi connectivity index (χ0) is 19.4. The van der Waals surface area contributed by atoms with Crippen LogP contribution in [0.1, 0.15) is 28.0 Å². The first-order valence-corrected chi connectivity index (χ1v) is 8.32. The van der Waals surface area contributed by atoms with Gasteiger partial charge >= 0.3 is 6.18 Å². The molecule has 1 aromatic carbocycles. The van der Waals surface area contributed by atoms with Crippen molar-refractivity contribution < 1.29 is 18.0 Å². The minimum atomic E-state index is -4.44. The molecular formula is C18H18F3N5O. The molecule has 0 bridgehead atoms. The quantitative estimate of drug-likeness (QED) is 0.671. The van der Waals surface area contributed by atoms with Gasteiger partial charge in [0.05, 0.1) is 35.0 Å². The second-order valence-corrected chi connectivity index (χ2v) is 6.01. The number of amides is 1. The maximum atomic E-state index is 12.9. The Morgan fingerprint density at radius 1 is 1.30 bits per heavy atom. The van der Waals surface area contributed by atoms with Crippen molar-refractivity contribution in [3.05, 3.63) is 66.0 Å². The first-order chi connectivity index (χ1) is 12.9. The van der Waals surface area contributed by atoms with Gasteiger partial charge in [-0.3, -0.25) is 4.79 Å². The maximum absolute atomic E-state index is 12.9. The number of hydrogen-bond donors (Lipinski definition) is 1. The van der Waals surface area contributed by atoms with Crippen molar-refractivity contribution in [2.45, 2.75) is 26.1 Å². The molecule has 1 amide bonds. The van der Waals surface area contributed by atoms with Crippen molar-refractivity contribution in [2.75, 3.05) is 6.54 Å². The predicted molar refractivity (Wildman–Crippen MR) is 92.5 cm³/mol. The molecule has 0 aliphatic heterocycles. The molecule has 0 saturated carbocycles. The molecule has 0 radical (unpaired) electrons. The Morgan fingerprint density at radius 3 is 2.81 bits per heavy atom. The van der Waals surface area contributed by atoms with Crippen molar-refractivity contribution in [1.82, 2.24) is 24.6 Å². The van der Waals surface area contributed by atoms with Crippen LogP contribution >= 0.6 is 0 Å². The van der Waals surface area contributed by atoms with E-state index >= 15 is 0 Å². The van der Waals surface area contributed by atoms with Gasteiger partial charge in [-0.2, -0.15) is 18.3 Å². The van der Waals surface area contributed by atoms with Crippen LogP contribution in [0.15, 0.2) is 49.2 Å². The van der Waals surface area contributed by atoms with E-state index in [-0.39, 0.29) is 11.6 Å². The van der Waals surface area contributed by atoms with E-state index in [1.807, 2.05) is 10.8 Å². The molecule has 0 spiro atoms. The fourth-order valence-corrected chi connectivity index (χ4v) is 2.68. The molecule has 0 saturated heterocycles. The van der Waals surface area contributed by atoms with E-state index in [1.165, 1.54) is 23.0 Å². The number of aryl methyl sites for hydroxylation is 1. The maximum Gasteiger partial charge on any atom is 0.416 e. The summed E-state index contributed by atoms with van der Waals surface area (Å²) in [7, 11) is 0. The third-order valence-electron chi connectivity index (χ3n) is 4.11. The SMILES string of the molecule is Cc1c(C(=O)NCCCn2ccnc2)cnn1-c1cccc(C(F)(F)F)c1. The van der Waals surface area contributed by atoms with Gasteiger partial charge in [0.1, 0.15) is 0 Å². The standard InChI is InChI=1S/C18H18F3N5O/c1-13-16(17(27)23-6-3-8-25-9-7-22-12-25)11-24-26(13)15-5-2-4-14(10-15)18(19,20)21/h2,4-5,7,9-12H,3,6,8H2,1H3,(H,23,27). The highest BCUT2D eigenvalue weighted by molar-refractivity contribution is 5.95. The fraction of sp³-hybridized carbons (Fsp3) is 0.278. The molecule has 0 unspecified atom stereocenters. The minimum absolute atomic E-state index is 0.251. The normalized spacial score (nSPS) is 11.6. The lowest BCUT2D eigenvalue weighted by Crippen LogP contribution is -2.25. The number of carbonyl (C=O) groups is 1. The van der Waals surface area contributed by atoms with Crippen molar-refractivity contribution >= 4 is 5.91 Å². The first-order valence-electron chi connectivity index (χ1n) is 8.32. The Hall–Kier alpha value is -3.10.